The van der Waals surface area contributed by atoms with Gasteiger partial charge in [0.25, 0.3) is 7.82 Å². The van der Waals surface area contributed by atoms with Crippen molar-refractivity contribution in [1.82, 2.24) is 0 Å². The van der Waals surface area contributed by atoms with Crippen molar-refractivity contribution in [2.45, 2.75) is 0 Å². The number of carbonyl (C=O) groups excluding carboxylic acids is 2. The molecular weight excluding hydrogens is 252 g/mol. The van der Waals surface area contributed by atoms with E-state index in [1.54, 1.807) is 0 Å². The number of aliphatic carboxylic acids is 2. The monoisotopic (exact) mass is 254 g/mol. The van der Waals surface area contributed by atoms with Crippen LogP contribution in [0.3, 0.4) is 0 Å². The van der Waals surface area contributed by atoms with Gasteiger partial charge in [-0.2, -0.15) is 0 Å². The van der Waals surface area contributed by atoms with Crippen molar-refractivity contribution in [2.75, 3.05) is 0 Å². The maximum absolute atomic E-state index is 8.93. The minimum absolute atomic E-state index is 0. The molecule has 0 heterocycles. The Balaban J connectivity index is -0.0000000321. The fourth-order valence-corrected chi connectivity index (χ4v) is 0. The van der Waals surface area contributed by atoms with E-state index in [1.165, 1.54) is 0 Å². The summed E-state index contributed by atoms with van der Waals surface area (Å²) >= 11 is 0. The third-order valence-corrected chi connectivity index (χ3v) is 0.167. The van der Waals surface area contributed by atoms with Crippen LogP contribution in [-0.4, -0.2) is 21.7 Å². The maximum atomic E-state index is 8.93. The molecule has 8 nitrogen and oxygen atoms in total. The zero-order valence-electron chi connectivity index (χ0n) is 7.79. The number of rotatable bonds is 0. The quantitative estimate of drug-likeness (QED) is 0.244. The summed E-state index contributed by atoms with van der Waals surface area (Å²) in [5, 5.41) is 17.9. The molecule has 2 N–H and O–H groups in total. The van der Waals surface area contributed by atoms with Gasteiger partial charge < -0.3 is 34.5 Å². The number of carbonyl (C=O) groups is 2. The van der Waals surface area contributed by atoms with E-state index in [9.17, 15) is 0 Å². The van der Waals surface area contributed by atoms with Gasteiger partial charge in [-0.3, -0.25) is 4.57 Å². The molecule has 0 aliphatic rings. The number of hydrogen-bond donors (Lipinski definition) is 2. The third kappa shape index (κ3) is 65.4. The van der Waals surface area contributed by atoms with Crippen molar-refractivity contribution in [2.24, 2.45) is 0 Å². The van der Waals surface area contributed by atoms with Crippen LogP contribution in [0.15, 0.2) is 0 Å². The molecule has 0 bridgehead atoms. The predicted molar refractivity (Wildman–Crippen MR) is 22.1 cm³/mol. The Hall–Kier alpha value is 2.05. The molecular formula is C2H2Na3O8P. The van der Waals surface area contributed by atoms with E-state index in [1.807, 2.05) is 0 Å². The summed E-state index contributed by atoms with van der Waals surface area (Å²) in [6.07, 6.45) is 0. The standard InChI is InChI=1S/C2H2O4.3Na.H3O4P/c3-1(4)2(5)6;;;;1-5(2,3)4/h(H,3,4)(H,5,6);;;;(H3,1,2,3,4)/q;3*+1;/p-3. The van der Waals surface area contributed by atoms with Gasteiger partial charge in [0.1, 0.15) is 0 Å². The van der Waals surface area contributed by atoms with Gasteiger partial charge in [0.2, 0.25) is 0 Å². The maximum Gasteiger partial charge on any atom is 1.00 e. The molecule has 0 aliphatic carbocycles. The molecule has 0 rings (SSSR count). The summed E-state index contributed by atoms with van der Waals surface area (Å²) in [5.41, 5.74) is 0. The third-order valence-electron chi connectivity index (χ3n) is 0.167. The van der Waals surface area contributed by atoms with E-state index in [2.05, 4.69) is 0 Å². The zero-order chi connectivity index (χ0) is 9.65. The van der Waals surface area contributed by atoms with Crippen molar-refractivity contribution in [3.05, 3.63) is 0 Å². The molecule has 0 aromatic carbocycles. The largest absolute Gasteiger partial charge is 1.00 e. The number of carboxylic acids is 2. The van der Waals surface area contributed by atoms with Crippen molar-refractivity contribution >= 4 is 19.8 Å². The Kier molecular flexibility index (Phi) is 32.0. The topological polar surface area (TPSA) is 161 Å². The van der Waals surface area contributed by atoms with Gasteiger partial charge in [-0.25, -0.2) is 0 Å². The van der Waals surface area contributed by atoms with Crippen LogP contribution in [-0.2, 0) is 14.2 Å². The average molecular weight is 254 g/mol. The van der Waals surface area contributed by atoms with Gasteiger partial charge in [-0.05, 0) is 0 Å². The first-order chi connectivity index (χ1) is 4.64. The van der Waals surface area contributed by atoms with Crippen LogP contribution in [0.5, 0.6) is 0 Å². The molecule has 12 heteroatoms. The first-order valence-electron chi connectivity index (χ1n) is 1.83. The van der Waals surface area contributed by atoms with Crippen LogP contribution in [0.25, 0.3) is 0 Å². The summed E-state index contributed by atoms with van der Waals surface area (Å²) in [7, 11) is -4.89. The SMILES string of the molecule is O=C([O-])C(=O)[O-].O=P([O-])(O)O.[Na+].[Na+].[Na+]. The molecule has 0 amide bonds. The Labute approximate surface area is 145 Å². The van der Waals surface area contributed by atoms with Crippen molar-refractivity contribution in [1.29, 1.82) is 0 Å². The van der Waals surface area contributed by atoms with Crippen molar-refractivity contribution < 1.29 is 128 Å². The van der Waals surface area contributed by atoms with E-state index in [0.717, 1.165) is 0 Å². The van der Waals surface area contributed by atoms with Gasteiger partial charge in [0.15, 0.2) is 0 Å². The molecule has 14 heavy (non-hydrogen) atoms. The summed E-state index contributed by atoms with van der Waals surface area (Å²) in [6.45, 7) is 0. The minimum Gasteiger partial charge on any atom is -0.756 e. The minimum atomic E-state index is -4.89. The molecule has 66 valence electrons. The van der Waals surface area contributed by atoms with Crippen LogP contribution >= 0.6 is 7.82 Å². The summed E-state index contributed by atoms with van der Waals surface area (Å²) in [4.78, 5) is 40.8. The van der Waals surface area contributed by atoms with Gasteiger partial charge in [-0.1, -0.05) is 0 Å². The second-order valence-electron chi connectivity index (χ2n) is 1.07. The molecule has 0 aromatic heterocycles. The molecule has 0 unspecified atom stereocenters. The van der Waals surface area contributed by atoms with Gasteiger partial charge in [0, 0.05) is 0 Å². The first kappa shape index (κ1) is 29.8. The van der Waals surface area contributed by atoms with Gasteiger partial charge in [-0.15, -0.1) is 0 Å². The fourth-order valence-electron chi connectivity index (χ4n) is 0. The van der Waals surface area contributed by atoms with E-state index >= 15 is 0 Å². The number of carboxylic acid groups (broad SMARTS) is 2. The van der Waals surface area contributed by atoms with Crippen LogP contribution in [0.4, 0.5) is 0 Å². The number of hydrogen-bond acceptors (Lipinski definition) is 6. The van der Waals surface area contributed by atoms with E-state index in [-0.39, 0.29) is 88.7 Å². The van der Waals surface area contributed by atoms with Gasteiger partial charge >= 0.3 is 88.7 Å². The summed E-state index contributed by atoms with van der Waals surface area (Å²) < 4.78 is 8.77. The van der Waals surface area contributed by atoms with E-state index in [0.29, 0.717) is 0 Å². The Morgan fingerprint density at radius 2 is 1.00 bits per heavy atom. The average Bonchev–Trinajstić information content (AvgIpc) is 1.59. The molecule has 0 saturated carbocycles. The van der Waals surface area contributed by atoms with Gasteiger partial charge in [0.05, 0.1) is 11.9 Å². The van der Waals surface area contributed by atoms with Crippen molar-refractivity contribution in [3.8, 4) is 0 Å². The van der Waals surface area contributed by atoms with E-state index in [4.69, 9.17) is 39.0 Å². The van der Waals surface area contributed by atoms with Crippen LogP contribution in [0, 0.1) is 0 Å². The smallest absolute Gasteiger partial charge is 0.756 e. The van der Waals surface area contributed by atoms with Crippen LogP contribution in [0.2, 0.25) is 0 Å². The molecule has 0 radical (unpaired) electrons. The molecule has 0 atom stereocenters. The molecule has 0 aliphatic heterocycles. The Morgan fingerprint density at radius 1 is 0.929 bits per heavy atom. The molecule has 0 spiro atoms. The summed E-state index contributed by atoms with van der Waals surface area (Å²) in [5.74, 6) is -4.37. The van der Waals surface area contributed by atoms with Crippen LogP contribution in [0.1, 0.15) is 0 Å². The van der Waals surface area contributed by atoms with Crippen LogP contribution < -0.4 is 104 Å². The first-order valence-corrected chi connectivity index (χ1v) is 3.36. The molecule has 0 fully saturated rings. The molecule has 0 saturated heterocycles. The second kappa shape index (κ2) is 15.0. The fraction of sp³-hybridized carbons (Fsp3) is 0. The Morgan fingerprint density at radius 3 is 1.00 bits per heavy atom. The Bertz CT molecular complexity index is 178. The zero-order valence-corrected chi connectivity index (χ0v) is 14.7. The summed E-state index contributed by atoms with van der Waals surface area (Å²) in [6, 6.07) is 0. The second-order valence-corrected chi connectivity index (χ2v) is 2.05. The number of phosphoric acid groups is 1. The predicted octanol–water partition coefficient (Wildman–Crippen LogP) is -14.1. The van der Waals surface area contributed by atoms with E-state index < -0.39 is 19.8 Å². The molecule has 0 aromatic rings. The van der Waals surface area contributed by atoms with Crippen molar-refractivity contribution in [3.63, 3.8) is 0 Å². The normalized spacial score (nSPS) is 7.36.